The summed E-state index contributed by atoms with van der Waals surface area (Å²) < 4.78 is 0. The van der Waals surface area contributed by atoms with E-state index in [4.69, 9.17) is 0 Å². The number of carbonyl (C=O) groups excluding carboxylic acids is 2. The van der Waals surface area contributed by atoms with Crippen LogP contribution in [0.2, 0.25) is 0 Å². The highest BCUT2D eigenvalue weighted by molar-refractivity contribution is 5.96. The first-order valence-corrected chi connectivity index (χ1v) is 12.2. The maximum absolute atomic E-state index is 12.8. The van der Waals surface area contributed by atoms with Gasteiger partial charge in [0.25, 0.3) is 0 Å². The second-order valence-corrected chi connectivity index (χ2v) is 9.49. The van der Waals surface area contributed by atoms with Gasteiger partial charge in [0.05, 0.1) is 0 Å². The van der Waals surface area contributed by atoms with Crippen molar-refractivity contribution in [2.24, 2.45) is 0 Å². The summed E-state index contributed by atoms with van der Waals surface area (Å²) in [5, 5.41) is 0. The molecule has 0 spiro atoms. The monoisotopic (exact) mass is 432 g/mol. The molecule has 2 aliphatic rings. The Bertz CT molecular complexity index is 960. The van der Waals surface area contributed by atoms with Crippen LogP contribution in [0.1, 0.15) is 71.1 Å². The number of ketones is 1. The molecule has 2 aromatic carbocycles. The first-order valence-electron chi connectivity index (χ1n) is 12.2. The van der Waals surface area contributed by atoms with Gasteiger partial charge in [-0.15, -0.1) is 0 Å². The molecule has 2 aliphatic heterocycles. The van der Waals surface area contributed by atoms with Gasteiger partial charge in [-0.3, -0.25) is 9.59 Å². The van der Waals surface area contributed by atoms with Crippen LogP contribution in [-0.4, -0.2) is 54.2 Å². The van der Waals surface area contributed by atoms with Gasteiger partial charge < -0.3 is 9.80 Å². The van der Waals surface area contributed by atoms with Crippen molar-refractivity contribution in [3.63, 3.8) is 0 Å². The zero-order valence-electron chi connectivity index (χ0n) is 19.6. The number of piperidine rings is 1. The Morgan fingerprint density at radius 2 is 1.66 bits per heavy atom. The van der Waals surface area contributed by atoms with Gasteiger partial charge in [-0.05, 0) is 92.9 Å². The van der Waals surface area contributed by atoms with E-state index in [1.165, 1.54) is 35.1 Å². The van der Waals surface area contributed by atoms with Crippen LogP contribution >= 0.6 is 0 Å². The summed E-state index contributed by atoms with van der Waals surface area (Å²) in [5.41, 5.74) is 6.27. The van der Waals surface area contributed by atoms with Crippen molar-refractivity contribution in [3.8, 4) is 0 Å². The number of rotatable bonds is 6. The molecule has 0 unspecified atom stereocenters. The minimum atomic E-state index is 0.136. The summed E-state index contributed by atoms with van der Waals surface area (Å²) in [6.45, 7) is 8.63. The number of hydrogen-bond donors (Lipinski definition) is 0. The largest absolute Gasteiger partial charge is 0.342 e. The van der Waals surface area contributed by atoms with Crippen LogP contribution in [0.4, 0.5) is 0 Å². The van der Waals surface area contributed by atoms with Crippen molar-refractivity contribution in [3.05, 3.63) is 70.3 Å². The van der Waals surface area contributed by atoms with Gasteiger partial charge in [0.15, 0.2) is 5.78 Å². The topological polar surface area (TPSA) is 40.6 Å². The Kier molecular flexibility index (Phi) is 7.41. The fourth-order valence-corrected chi connectivity index (χ4v) is 5.33. The minimum Gasteiger partial charge on any atom is -0.342 e. The second kappa shape index (κ2) is 10.4. The Morgan fingerprint density at radius 1 is 0.938 bits per heavy atom. The average Bonchev–Trinajstić information content (AvgIpc) is 3.02. The van der Waals surface area contributed by atoms with Crippen molar-refractivity contribution < 1.29 is 9.59 Å². The molecule has 0 bridgehead atoms. The molecule has 32 heavy (non-hydrogen) atoms. The number of Topliss-reactive ketones (excluding diaryl/α,β-unsaturated/α-hetero) is 1. The van der Waals surface area contributed by atoms with E-state index < -0.39 is 0 Å². The molecule has 1 amide bonds. The van der Waals surface area contributed by atoms with E-state index in [0.717, 1.165) is 57.5 Å². The molecule has 0 aliphatic carbocycles. The molecular weight excluding hydrogens is 396 g/mol. The Labute approximate surface area is 192 Å². The predicted molar refractivity (Wildman–Crippen MR) is 129 cm³/mol. The summed E-state index contributed by atoms with van der Waals surface area (Å²) >= 11 is 0. The summed E-state index contributed by atoms with van der Waals surface area (Å²) in [4.78, 5) is 29.0. The second-order valence-electron chi connectivity index (χ2n) is 9.49. The van der Waals surface area contributed by atoms with E-state index in [-0.39, 0.29) is 11.7 Å². The van der Waals surface area contributed by atoms with Gasteiger partial charge in [0.2, 0.25) is 5.91 Å². The highest BCUT2D eigenvalue weighted by Crippen LogP contribution is 2.30. The molecule has 4 rings (SSSR count). The van der Waals surface area contributed by atoms with E-state index >= 15 is 0 Å². The van der Waals surface area contributed by atoms with Crippen LogP contribution < -0.4 is 0 Å². The molecule has 1 saturated heterocycles. The molecule has 4 nitrogen and oxygen atoms in total. The summed E-state index contributed by atoms with van der Waals surface area (Å²) in [6, 6.07) is 14.9. The summed E-state index contributed by atoms with van der Waals surface area (Å²) in [7, 11) is 0. The van der Waals surface area contributed by atoms with E-state index in [0.29, 0.717) is 12.3 Å². The van der Waals surface area contributed by atoms with Gasteiger partial charge in [0, 0.05) is 32.0 Å². The number of likely N-dealkylation sites (tertiary alicyclic amines) is 1. The number of nitrogens with zero attached hydrogens (tertiary/aromatic N) is 2. The third kappa shape index (κ3) is 5.47. The van der Waals surface area contributed by atoms with Crippen LogP contribution in [0.15, 0.2) is 42.5 Å². The normalized spacial score (nSPS) is 17.6. The Balaban J connectivity index is 1.24. The van der Waals surface area contributed by atoms with Crippen LogP contribution in [0.3, 0.4) is 0 Å². The van der Waals surface area contributed by atoms with Gasteiger partial charge in [-0.2, -0.15) is 0 Å². The van der Waals surface area contributed by atoms with Crippen molar-refractivity contribution in [1.82, 2.24) is 9.80 Å². The molecule has 2 heterocycles. The van der Waals surface area contributed by atoms with Gasteiger partial charge in [-0.1, -0.05) is 36.4 Å². The molecule has 0 N–H and O–H groups in total. The smallest absolute Gasteiger partial charge is 0.219 e. The molecule has 0 aromatic heterocycles. The number of aryl methyl sites for hydroxylation is 1. The number of fused-ring (bicyclic) bond motifs is 1. The van der Waals surface area contributed by atoms with E-state index in [1.807, 2.05) is 11.0 Å². The van der Waals surface area contributed by atoms with Crippen LogP contribution in [0.5, 0.6) is 0 Å². The molecule has 2 aromatic rings. The molecule has 1 fully saturated rings. The quantitative estimate of drug-likeness (QED) is 0.617. The van der Waals surface area contributed by atoms with Crippen LogP contribution in [0.25, 0.3) is 0 Å². The molecule has 0 atom stereocenters. The van der Waals surface area contributed by atoms with Crippen LogP contribution in [-0.2, 0) is 17.6 Å². The summed E-state index contributed by atoms with van der Waals surface area (Å²) in [5.74, 6) is 1.06. The first kappa shape index (κ1) is 22.7. The van der Waals surface area contributed by atoms with Crippen molar-refractivity contribution in [2.75, 3.05) is 32.7 Å². The zero-order valence-corrected chi connectivity index (χ0v) is 19.6. The molecule has 170 valence electrons. The summed E-state index contributed by atoms with van der Waals surface area (Å²) in [6.07, 6.45) is 5.66. The van der Waals surface area contributed by atoms with E-state index in [2.05, 4.69) is 48.2 Å². The van der Waals surface area contributed by atoms with Gasteiger partial charge in [0.1, 0.15) is 0 Å². The Hall–Kier alpha value is -2.46. The molecular formula is C28H36N2O2. The number of carbonyl (C=O) groups is 2. The highest BCUT2D eigenvalue weighted by atomic mass is 16.2. The molecule has 0 radical (unpaired) electrons. The third-order valence-electron chi connectivity index (χ3n) is 7.37. The van der Waals surface area contributed by atoms with Crippen molar-refractivity contribution in [2.45, 2.75) is 58.3 Å². The number of benzene rings is 2. The zero-order chi connectivity index (χ0) is 22.5. The average molecular weight is 433 g/mol. The van der Waals surface area contributed by atoms with Crippen molar-refractivity contribution in [1.29, 1.82) is 0 Å². The van der Waals surface area contributed by atoms with E-state index in [9.17, 15) is 9.59 Å². The molecule has 0 saturated carbocycles. The van der Waals surface area contributed by atoms with E-state index in [1.54, 1.807) is 6.92 Å². The Morgan fingerprint density at radius 3 is 2.38 bits per heavy atom. The lowest BCUT2D eigenvalue weighted by Gasteiger charge is -2.32. The highest BCUT2D eigenvalue weighted by Gasteiger charge is 2.22. The fourth-order valence-electron chi connectivity index (χ4n) is 5.33. The van der Waals surface area contributed by atoms with Gasteiger partial charge in [-0.25, -0.2) is 0 Å². The SMILES string of the molecule is CC(=O)N1CCc2ccc(C(=O)CCCN3CCC(c4ccccc4C)CC3)cc2CC1. The lowest BCUT2D eigenvalue weighted by atomic mass is 9.87. The maximum Gasteiger partial charge on any atom is 0.219 e. The van der Waals surface area contributed by atoms with Crippen LogP contribution in [0, 0.1) is 6.92 Å². The predicted octanol–water partition coefficient (Wildman–Crippen LogP) is 4.78. The molecule has 4 heteroatoms. The standard InChI is InChI=1S/C28H36N2O2/c1-21-6-3-4-7-27(21)24-11-16-29(17-12-24)15-5-8-28(32)26-10-9-23-13-18-30(22(2)31)19-14-25(23)20-26/h3-4,6-7,9-10,20,24H,5,8,11-19H2,1-2H3. The maximum atomic E-state index is 12.8. The van der Waals surface area contributed by atoms with Gasteiger partial charge >= 0.3 is 0 Å². The third-order valence-corrected chi connectivity index (χ3v) is 7.37. The van der Waals surface area contributed by atoms with Crippen molar-refractivity contribution >= 4 is 11.7 Å². The number of hydrogen-bond acceptors (Lipinski definition) is 3. The lowest BCUT2D eigenvalue weighted by molar-refractivity contribution is -0.128. The fraction of sp³-hybridized carbons (Fsp3) is 0.500. The number of amides is 1. The minimum absolute atomic E-state index is 0.136. The first-order chi connectivity index (χ1) is 15.5. The lowest BCUT2D eigenvalue weighted by Crippen LogP contribution is -2.34.